The first-order chi connectivity index (χ1) is 17.7. The Kier molecular flexibility index (Phi) is 5.76. The first-order valence-electron chi connectivity index (χ1n) is 13.1. The number of aromatic nitrogens is 3. The molecule has 0 aliphatic heterocycles. The summed E-state index contributed by atoms with van der Waals surface area (Å²) in [5, 5.41) is 4.78. The van der Waals surface area contributed by atoms with Gasteiger partial charge in [-0.15, -0.1) is 0 Å². The first kappa shape index (κ1) is 24.0. The summed E-state index contributed by atoms with van der Waals surface area (Å²) in [6, 6.07) is 9.04. The Balaban J connectivity index is 1.61. The van der Waals surface area contributed by atoms with Gasteiger partial charge in [-0.2, -0.15) is 17.7 Å². The highest BCUT2D eigenvalue weighted by Crippen LogP contribution is 2.50. The minimum Gasteiger partial charge on any atom is -0.215 e. The number of hydrogen-bond donors (Lipinski definition) is 1. The molecule has 0 saturated heterocycles. The van der Waals surface area contributed by atoms with Crippen LogP contribution in [0.3, 0.4) is 0 Å². The highest BCUT2D eigenvalue weighted by Gasteiger charge is 2.34. The Morgan fingerprint density at radius 1 is 0.919 bits per heavy atom. The lowest BCUT2D eigenvalue weighted by Gasteiger charge is -2.25. The Hall–Kier alpha value is -3.37. The van der Waals surface area contributed by atoms with E-state index in [1.54, 1.807) is 6.33 Å². The summed E-state index contributed by atoms with van der Waals surface area (Å²) in [6.07, 6.45) is 18.0. The predicted molar refractivity (Wildman–Crippen MR) is 157 cm³/mol. The van der Waals surface area contributed by atoms with Crippen molar-refractivity contribution in [1.29, 1.82) is 0 Å². The van der Waals surface area contributed by atoms with Crippen molar-refractivity contribution in [3.8, 4) is 17.1 Å². The number of hydrogen-bond acceptors (Lipinski definition) is 3. The van der Waals surface area contributed by atoms with Gasteiger partial charge < -0.3 is 0 Å². The van der Waals surface area contributed by atoms with Crippen molar-refractivity contribution in [3.63, 3.8) is 0 Å². The highest BCUT2D eigenvalue weighted by atomic mass is 32.1. The van der Waals surface area contributed by atoms with Crippen LogP contribution in [0.15, 0.2) is 83.8 Å². The maximum absolute atomic E-state index is 5.07. The van der Waals surface area contributed by atoms with E-state index < -0.39 is 0 Å². The standard InChI is InChI=1S/C33H33N3S/c1-20-16-21(2)31(22(3)17-20)36-32(34-19-35-36)30-27-18-26(23-10-6-7-11-23)29(24-12-8-9-13-24)25(27)14-15-28(30)33(4,5)37/h6-10,12,14-17,19,37H,11,13,18H2,1-5H3. The molecule has 3 aliphatic rings. The third-order valence-corrected chi connectivity index (χ3v) is 8.01. The molecule has 1 heterocycles. The molecule has 3 nitrogen and oxygen atoms in total. The Morgan fingerprint density at radius 3 is 2.22 bits per heavy atom. The van der Waals surface area contributed by atoms with Gasteiger partial charge in [-0.05, 0) is 104 Å². The van der Waals surface area contributed by atoms with Gasteiger partial charge in [0.15, 0.2) is 5.82 Å². The lowest BCUT2D eigenvalue weighted by Crippen LogP contribution is -2.14. The molecule has 2 aromatic carbocycles. The van der Waals surface area contributed by atoms with Crippen LogP contribution in [0.25, 0.3) is 22.6 Å². The van der Waals surface area contributed by atoms with Crippen molar-refractivity contribution in [3.05, 3.63) is 117 Å². The topological polar surface area (TPSA) is 30.7 Å². The summed E-state index contributed by atoms with van der Waals surface area (Å²) < 4.78 is 1.71. The summed E-state index contributed by atoms with van der Waals surface area (Å²) in [5.41, 5.74) is 15.4. The zero-order valence-corrected chi connectivity index (χ0v) is 23.2. The third kappa shape index (κ3) is 3.99. The molecule has 0 unspecified atom stereocenters. The summed E-state index contributed by atoms with van der Waals surface area (Å²) in [4.78, 5) is 4.91. The van der Waals surface area contributed by atoms with E-state index in [1.807, 2.05) is 4.68 Å². The summed E-state index contributed by atoms with van der Waals surface area (Å²) in [6.45, 7) is 10.8. The first-order valence-corrected chi connectivity index (χ1v) is 13.5. The molecule has 0 saturated carbocycles. The molecular weight excluding hydrogens is 470 g/mol. The molecule has 0 spiro atoms. The Labute approximate surface area is 225 Å². The fourth-order valence-corrected chi connectivity index (χ4v) is 6.47. The van der Waals surface area contributed by atoms with Gasteiger partial charge in [0.25, 0.3) is 0 Å². The zero-order valence-electron chi connectivity index (χ0n) is 22.3. The lowest BCUT2D eigenvalue weighted by atomic mass is 9.87. The number of allylic oxidation sites excluding steroid dienone is 10. The summed E-state index contributed by atoms with van der Waals surface area (Å²) in [5.74, 6) is 0.890. The van der Waals surface area contributed by atoms with E-state index in [4.69, 9.17) is 22.7 Å². The molecule has 0 N–H and O–H groups in total. The molecule has 0 bridgehead atoms. The van der Waals surface area contributed by atoms with E-state index in [1.165, 1.54) is 61.2 Å². The molecule has 6 rings (SSSR count). The van der Waals surface area contributed by atoms with Crippen molar-refractivity contribution in [2.45, 2.75) is 58.6 Å². The van der Waals surface area contributed by atoms with Gasteiger partial charge in [-0.25, -0.2) is 9.67 Å². The number of benzene rings is 2. The van der Waals surface area contributed by atoms with Gasteiger partial charge in [0.1, 0.15) is 6.33 Å². The molecule has 0 radical (unpaired) electrons. The maximum Gasteiger partial charge on any atom is 0.163 e. The van der Waals surface area contributed by atoms with Crippen LogP contribution in [-0.4, -0.2) is 14.8 Å². The molecule has 3 aliphatic carbocycles. The number of fused-ring (bicyclic) bond motifs is 1. The SMILES string of the molecule is Cc1cc(C)c(-n2ncnc2-c2c(C(C)(C)S)ccc3c2CC(C2=CC=CC2)=C3C2=CC=CC2)c(C)c1. The molecule has 4 heteroatoms. The predicted octanol–water partition coefficient (Wildman–Crippen LogP) is 8.11. The van der Waals surface area contributed by atoms with E-state index in [-0.39, 0.29) is 4.75 Å². The van der Waals surface area contributed by atoms with Crippen molar-refractivity contribution in [1.82, 2.24) is 14.8 Å². The van der Waals surface area contributed by atoms with Gasteiger partial charge >= 0.3 is 0 Å². The number of rotatable bonds is 5. The van der Waals surface area contributed by atoms with Crippen LogP contribution in [0, 0.1) is 20.8 Å². The number of nitrogens with zero attached hydrogens (tertiary/aromatic N) is 3. The van der Waals surface area contributed by atoms with Crippen LogP contribution in [0.2, 0.25) is 0 Å². The van der Waals surface area contributed by atoms with Crippen molar-refractivity contribution < 1.29 is 0 Å². The molecule has 0 amide bonds. The monoisotopic (exact) mass is 503 g/mol. The molecule has 37 heavy (non-hydrogen) atoms. The van der Waals surface area contributed by atoms with Crippen molar-refractivity contribution >= 4 is 18.2 Å². The zero-order chi connectivity index (χ0) is 25.9. The van der Waals surface area contributed by atoms with E-state index in [0.717, 1.165) is 30.8 Å². The molecule has 3 aromatic rings. The van der Waals surface area contributed by atoms with Gasteiger partial charge in [0.05, 0.1) is 5.69 Å². The molecule has 186 valence electrons. The van der Waals surface area contributed by atoms with Gasteiger partial charge in [-0.1, -0.05) is 66.3 Å². The maximum atomic E-state index is 5.07. The van der Waals surface area contributed by atoms with Crippen LogP contribution in [-0.2, 0) is 11.2 Å². The fourth-order valence-electron chi connectivity index (χ4n) is 6.29. The van der Waals surface area contributed by atoms with Crippen LogP contribution in [0.4, 0.5) is 0 Å². The Bertz CT molecular complexity index is 1580. The van der Waals surface area contributed by atoms with Crippen LogP contribution >= 0.6 is 12.6 Å². The van der Waals surface area contributed by atoms with Gasteiger partial charge in [0, 0.05) is 10.3 Å². The second-order valence-corrected chi connectivity index (χ2v) is 12.1. The molecular formula is C33H33N3S. The number of thiol groups is 1. The van der Waals surface area contributed by atoms with E-state index in [2.05, 4.69) is 95.3 Å². The Morgan fingerprint density at radius 2 is 1.59 bits per heavy atom. The third-order valence-electron chi connectivity index (χ3n) is 7.77. The van der Waals surface area contributed by atoms with Crippen molar-refractivity contribution in [2.24, 2.45) is 0 Å². The van der Waals surface area contributed by atoms with Gasteiger partial charge in [-0.3, -0.25) is 0 Å². The average molecular weight is 504 g/mol. The van der Waals surface area contributed by atoms with Crippen LogP contribution in [0.1, 0.15) is 60.1 Å². The smallest absolute Gasteiger partial charge is 0.163 e. The van der Waals surface area contributed by atoms with E-state index in [0.29, 0.717) is 0 Å². The van der Waals surface area contributed by atoms with E-state index >= 15 is 0 Å². The lowest BCUT2D eigenvalue weighted by molar-refractivity contribution is 0.785. The van der Waals surface area contributed by atoms with E-state index in [9.17, 15) is 0 Å². The highest BCUT2D eigenvalue weighted by molar-refractivity contribution is 7.81. The summed E-state index contributed by atoms with van der Waals surface area (Å²) in [7, 11) is 0. The van der Waals surface area contributed by atoms with Crippen molar-refractivity contribution in [2.75, 3.05) is 0 Å². The van der Waals surface area contributed by atoms with Gasteiger partial charge in [0.2, 0.25) is 0 Å². The largest absolute Gasteiger partial charge is 0.215 e. The quantitative estimate of drug-likeness (QED) is 0.357. The second-order valence-electron chi connectivity index (χ2n) is 11.0. The van der Waals surface area contributed by atoms with Crippen LogP contribution in [0.5, 0.6) is 0 Å². The molecule has 0 fully saturated rings. The summed E-state index contributed by atoms with van der Waals surface area (Å²) >= 11 is 5.07. The molecule has 1 aromatic heterocycles. The average Bonchev–Trinajstić information content (AvgIpc) is 3.63. The fraction of sp³-hybridized carbons (Fsp3) is 0.273. The van der Waals surface area contributed by atoms with Crippen LogP contribution < -0.4 is 0 Å². The molecule has 0 atom stereocenters. The minimum absolute atomic E-state index is 0.343. The normalized spacial score (nSPS) is 16.6. The minimum atomic E-state index is -0.343. The second kappa shape index (κ2) is 8.88. The number of aryl methyl sites for hydroxylation is 3.